The Morgan fingerprint density at radius 1 is 1.57 bits per heavy atom. The quantitative estimate of drug-likeness (QED) is 0.266. The fraction of sp³-hybridized carbons (Fsp3) is 0.900. The van der Waals surface area contributed by atoms with E-state index in [4.69, 9.17) is 5.84 Å². The number of aliphatic imine (C=N–C) groups is 1. The molecule has 1 atom stereocenters. The van der Waals surface area contributed by atoms with Crippen molar-refractivity contribution in [2.24, 2.45) is 22.7 Å². The number of hydrogen-bond donors (Lipinski definition) is 3. The molecule has 0 heterocycles. The third-order valence-corrected chi connectivity index (χ3v) is 2.64. The largest absolute Gasteiger partial charge is 0.355 e. The van der Waals surface area contributed by atoms with Crippen LogP contribution in [0.4, 0.5) is 0 Å². The van der Waals surface area contributed by atoms with Crippen LogP contribution in [0.2, 0.25) is 0 Å². The lowest BCUT2D eigenvalue weighted by Gasteiger charge is -2.10. The second kappa shape index (κ2) is 5.86. The summed E-state index contributed by atoms with van der Waals surface area (Å²) in [5, 5.41) is 3.15. The number of nitrogens with one attached hydrogen (secondary N) is 2. The molecule has 1 unspecified atom stereocenters. The van der Waals surface area contributed by atoms with Gasteiger partial charge in [-0.05, 0) is 31.1 Å². The molecule has 0 bridgehead atoms. The van der Waals surface area contributed by atoms with Crippen molar-refractivity contribution in [1.82, 2.24) is 10.7 Å². The lowest BCUT2D eigenvalue weighted by Crippen LogP contribution is -2.42. The second-order valence-electron chi connectivity index (χ2n) is 4.08. The van der Waals surface area contributed by atoms with Gasteiger partial charge in [-0.1, -0.05) is 13.8 Å². The average Bonchev–Trinajstić information content (AvgIpc) is 3.01. The number of hydrogen-bond acceptors (Lipinski definition) is 2. The summed E-state index contributed by atoms with van der Waals surface area (Å²) in [4.78, 5) is 4.41. The van der Waals surface area contributed by atoms with Crippen LogP contribution in [0.25, 0.3) is 0 Å². The summed E-state index contributed by atoms with van der Waals surface area (Å²) in [5.41, 5.74) is 2.59. The molecule has 0 spiro atoms. The number of nitrogens with zero attached hydrogens (tertiary/aromatic N) is 1. The van der Waals surface area contributed by atoms with Crippen LogP contribution in [0.5, 0.6) is 0 Å². The van der Waals surface area contributed by atoms with Crippen LogP contribution in [0.3, 0.4) is 0 Å². The van der Waals surface area contributed by atoms with Gasteiger partial charge >= 0.3 is 0 Å². The first-order chi connectivity index (χ1) is 6.77. The zero-order valence-corrected chi connectivity index (χ0v) is 9.21. The monoisotopic (exact) mass is 198 g/mol. The summed E-state index contributed by atoms with van der Waals surface area (Å²) < 4.78 is 0. The molecule has 1 saturated carbocycles. The molecule has 0 aromatic heterocycles. The Hall–Kier alpha value is -0.770. The Bertz CT molecular complexity index is 187. The van der Waals surface area contributed by atoms with Gasteiger partial charge in [0.25, 0.3) is 0 Å². The van der Waals surface area contributed by atoms with Crippen LogP contribution in [-0.2, 0) is 0 Å². The van der Waals surface area contributed by atoms with Gasteiger partial charge in [-0.2, -0.15) is 0 Å². The van der Waals surface area contributed by atoms with Gasteiger partial charge in [0, 0.05) is 13.1 Å². The third-order valence-electron chi connectivity index (χ3n) is 2.64. The van der Waals surface area contributed by atoms with E-state index in [2.05, 4.69) is 29.6 Å². The van der Waals surface area contributed by atoms with Crippen molar-refractivity contribution >= 4 is 5.96 Å². The van der Waals surface area contributed by atoms with Gasteiger partial charge in [0.15, 0.2) is 0 Å². The first kappa shape index (κ1) is 11.3. The molecule has 1 aliphatic carbocycles. The minimum atomic E-state index is 0.696. The summed E-state index contributed by atoms with van der Waals surface area (Å²) in [7, 11) is 0. The van der Waals surface area contributed by atoms with Crippen molar-refractivity contribution in [2.75, 3.05) is 13.1 Å². The smallest absolute Gasteiger partial charge is 0.205 e. The van der Waals surface area contributed by atoms with E-state index in [9.17, 15) is 0 Å². The average molecular weight is 198 g/mol. The molecule has 1 fully saturated rings. The molecule has 4 N–H and O–H groups in total. The van der Waals surface area contributed by atoms with Crippen molar-refractivity contribution in [3.63, 3.8) is 0 Å². The Morgan fingerprint density at radius 3 is 2.79 bits per heavy atom. The maximum atomic E-state index is 5.35. The Labute approximate surface area is 86.3 Å². The molecule has 1 rings (SSSR count). The van der Waals surface area contributed by atoms with Gasteiger partial charge in [0.1, 0.15) is 0 Å². The van der Waals surface area contributed by atoms with Crippen molar-refractivity contribution in [3.8, 4) is 0 Å². The van der Waals surface area contributed by atoms with Crippen LogP contribution in [0.15, 0.2) is 4.99 Å². The van der Waals surface area contributed by atoms with E-state index >= 15 is 0 Å². The molecular weight excluding hydrogens is 176 g/mol. The zero-order valence-electron chi connectivity index (χ0n) is 9.21. The fourth-order valence-electron chi connectivity index (χ4n) is 1.45. The predicted molar refractivity (Wildman–Crippen MR) is 59.8 cm³/mol. The minimum absolute atomic E-state index is 0.696. The number of guanidine groups is 1. The number of hydrazine groups is 1. The highest BCUT2D eigenvalue weighted by molar-refractivity contribution is 5.79. The molecular formula is C10H22N4. The van der Waals surface area contributed by atoms with Gasteiger partial charge in [0.2, 0.25) is 5.96 Å². The number of rotatable bonds is 5. The van der Waals surface area contributed by atoms with Crippen LogP contribution >= 0.6 is 0 Å². The van der Waals surface area contributed by atoms with Crippen molar-refractivity contribution in [3.05, 3.63) is 0 Å². The van der Waals surface area contributed by atoms with Gasteiger partial charge in [-0.3, -0.25) is 10.4 Å². The maximum absolute atomic E-state index is 5.35. The van der Waals surface area contributed by atoms with Crippen LogP contribution in [0, 0.1) is 11.8 Å². The highest BCUT2D eigenvalue weighted by Crippen LogP contribution is 2.36. The highest BCUT2D eigenvalue weighted by atomic mass is 15.3. The van der Waals surface area contributed by atoms with Crippen LogP contribution in [0.1, 0.15) is 33.1 Å². The summed E-state index contributed by atoms with van der Waals surface area (Å²) in [5.74, 6) is 7.67. The van der Waals surface area contributed by atoms with E-state index in [0.29, 0.717) is 5.92 Å². The fourth-order valence-corrected chi connectivity index (χ4v) is 1.45. The van der Waals surface area contributed by atoms with Crippen molar-refractivity contribution in [2.45, 2.75) is 33.1 Å². The maximum Gasteiger partial charge on any atom is 0.205 e. The first-order valence-corrected chi connectivity index (χ1v) is 5.52. The molecule has 0 aliphatic heterocycles. The van der Waals surface area contributed by atoms with E-state index < -0.39 is 0 Å². The van der Waals surface area contributed by atoms with Gasteiger partial charge in [-0.25, -0.2) is 5.84 Å². The van der Waals surface area contributed by atoms with Crippen LogP contribution in [-0.4, -0.2) is 19.0 Å². The third kappa shape index (κ3) is 3.96. The molecule has 0 aromatic carbocycles. The van der Waals surface area contributed by atoms with E-state index in [1.165, 1.54) is 12.8 Å². The topological polar surface area (TPSA) is 62.4 Å². The summed E-state index contributed by atoms with van der Waals surface area (Å²) in [6.07, 6.45) is 3.84. The normalized spacial score (nSPS) is 19.2. The number of nitrogens with two attached hydrogens (primary N) is 1. The Morgan fingerprint density at radius 2 is 2.29 bits per heavy atom. The minimum Gasteiger partial charge on any atom is -0.355 e. The molecule has 4 heteroatoms. The lowest BCUT2D eigenvalue weighted by atomic mass is 10.1. The molecule has 4 nitrogen and oxygen atoms in total. The highest BCUT2D eigenvalue weighted by Gasteiger charge is 2.27. The van der Waals surface area contributed by atoms with Gasteiger partial charge < -0.3 is 5.32 Å². The standard InChI is InChI=1S/C10H22N4/c1-3-6-12-10(14-11)13-7-8(2)9-4-5-9/h8-9H,3-7,11H2,1-2H3,(H2,12,13,14). The molecule has 0 saturated heterocycles. The predicted octanol–water partition coefficient (Wildman–Crippen LogP) is 0.851. The summed E-state index contributed by atoms with van der Waals surface area (Å²) >= 11 is 0. The second-order valence-corrected chi connectivity index (χ2v) is 4.08. The summed E-state index contributed by atoms with van der Waals surface area (Å²) in [6, 6.07) is 0. The van der Waals surface area contributed by atoms with E-state index in [1.807, 2.05) is 0 Å². The van der Waals surface area contributed by atoms with Crippen molar-refractivity contribution < 1.29 is 0 Å². The zero-order chi connectivity index (χ0) is 10.4. The molecule has 0 radical (unpaired) electrons. The summed E-state index contributed by atoms with van der Waals surface area (Å²) in [6.45, 7) is 6.17. The van der Waals surface area contributed by atoms with E-state index in [1.54, 1.807) is 0 Å². The SMILES string of the molecule is CCCNC(=NCC(C)C1CC1)NN. The molecule has 0 amide bonds. The molecule has 82 valence electrons. The van der Waals surface area contributed by atoms with E-state index in [-0.39, 0.29) is 0 Å². The Balaban J connectivity index is 2.23. The molecule has 14 heavy (non-hydrogen) atoms. The van der Waals surface area contributed by atoms with Crippen molar-refractivity contribution in [1.29, 1.82) is 0 Å². The van der Waals surface area contributed by atoms with Gasteiger partial charge in [-0.15, -0.1) is 0 Å². The first-order valence-electron chi connectivity index (χ1n) is 5.52. The van der Waals surface area contributed by atoms with Gasteiger partial charge in [0.05, 0.1) is 0 Å². The van der Waals surface area contributed by atoms with E-state index in [0.717, 1.165) is 31.4 Å². The molecule has 1 aliphatic rings. The lowest BCUT2D eigenvalue weighted by molar-refractivity contribution is 0.520. The Kier molecular flexibility index (Phi) is 4.73. The molecule has 0 aromatic rings. The van der Waals surface area contributed by atoms with Crippen LogP contribution < -0.4 is 16.6 Å².